The van der Waals surface area contributed by atoms with Crippen LogP contribution in [0.15, 0.2) is 20.2 Å². The van der Waals surface area contributed by atoms with Crippen molar-refractivity contribution >= 4 is 26.0 Å². The molecule has 0 aliphatic heterocycles. The van der Waals surface area contributed by atoms with Crippen molar-refractivity contribution in [3.8, 4) is 0 Å². The highest BCUT2D eigenvalue weighted by atomic mass is 79.9. The summed E-state index contributed by atoms with van der Waals surface area (Å²) in [4.78, 5) is 3.98. The second kappa shape index (κ2) is 5.02. The lowest BCUT2D eigenvalue weighted by atomic mass is 10.4. The van der Waals surface area contributed by atoms with Crippen molar-refractivity contribution < 1.29 is 12.8 Å². The van der Waals surface area contributed by atoms with Gasteiger partial charge in [0.25, 0.3) is 10.0 Å². The zero-order valence-corrected chi connectivity index (χ0v) is 12.9. The van der Waals surface area contributed by atoms with Crippen LogP contribution < -0.4 is 4.72 Å². The van der Waals surface area contributed by atoms with Crippen LogP contribution in [-0.2, 0) is 17.1 Å². The Kier molecular flexibility index (Phi) is 3.74. The van der Waals surface area contributed by atoms with Gasteiger partial charge in [-0.3, -0.25) is 0 Å². The van der Waals surface area contributed by atoms with Crippen LogP contribution in [0.5, 0.6) is 0 Å². The number of hydrogen-bond acceptors (Lipinski definition) is 6. The van der Waals surface area contributed by atoms with Crippen molar-refractivity contribution in [1.82, 2.24) is 24.7 Å². The Morgan fingerprint density at radius 3 is 2.68 bits per heavy atom. The second-order valence-corrected chi connectivity index (χ2v) is 6.34. The highest BCUT2D eigenvalue weighted by Crippen LogP contribution is 2.21. The number of oxazole rings is 1. The summed E-state index contributed by atoms with van der Waals surface area (Å²) >= 11 is 3.05. The molecule has 2 aromatic heterocycles. The summed E-state index contributed by atoms with van der Waals surface area (Å²) in [6.07, 6.45) is 1.53. The predicted octanol–water partition coefficient (Wildman–Crippen LogP) is 0.914. The molecule has 0 aromatic carbocycles. The third-order valence-corrected chi connectivity index (χ3v) is 4.76. The number of halogens is 1. The maximum Gasteiger partial charge on any atom is 0.261 e. The predicted molar refractivity (Wildman–Crippen MR) is 68.7 cm³/mol. The van der Waals surface area contributed by atoms with E-state index in [-0.39, 0.29) is 9.63 Å². The van der Waals surface area contributed by atoms with E-state index >= 15 is 0 Å². The van der Waals surface area contributed by atoms with Crippen molar-refractivity contribution in [2.24, 2.45) is 7.05 Å². The summed E-state index contributed by atoms with van der Waals surface area (Å²) in [5.74, 6) is 0.914. The largest absolute Gasteiger partial charge is 0.444 e. The average Bonchev–Trinajstić information content (AvgIpc) is 2.85. The summed E-state index contributed by atoms with van der Waals surface area (Å²) in [6.45, 7) is 3.37. The Bertz CT molecular complexity index is 673. The van der Waals surface area contributed by atoms with Gasteiger partial charge in [0, 0.05) is 7.05 Å². The fraction of sp³-hybridized carbons (Fsp3) is 0.444. The van der Waals surface area contributed by atoms with E-state index in [1.807, 2.05) is 0 Å². The molecular formula is C9H12BrN5O3S. The lowest BCUT2D eigenvalue weighted by molar-refractivity contribution is 0.426. The SMILES string of the molecule is Cc1cnc(C(C)NS(=O)(=O)c2c(Br)nnn2C)o1. The van der Waals surface area contributed by atoms with Gasteiger partial charge in [0.2, 0.25) is 10.9 Å². The molecule has 2 heterocycles. The molecule has 0 saturated heterocycles. The molecule has 19 heavy (non-hydrogen) atoms. The maximum absolute atomic E-state index is 12.2. The summed E-state index contributed by atoms with van der Waals surface area (Å²) in [7, 11) is -2.28. The molecule has 0 fully saturated rings. The minimum absolute atomic E-state index is 0.0531. The first-order valence-corrected chi connectivity index (χ1v) is 7.58. The van der Waals surface area contributed by atoms with Gasteiger partial charge in [-0.1, -0.05) is 5.21 Å². The van der Waals surface area contributed by atoms with Crippen LogP contribution in [0.4, 0.5) is 0 Å². The van der Waals surface area contributed by atoms with Gasteiger partial charge in [-0.25, -0.2) is 18.1 Å². The Balaban J connectivity index is 2.27. The molecule has 0 spiro atoms. The fourth-order valence-electron chi connectivity index (χ4n) is 1.52. The Hall–Kier alpha value is -1.26. The van der Waals surface area contributed by atoms with Gasteiger partial charge < -0.3 is 4.42 Å². The van der Waals surface area contributed by atoms with Gasteiger partial charge >= 0.3 is 0 Å². The molecule has 0 saturated carbocycles. The second-order valence-electron chi connectivity index (χ2n) is 3.96. The molecule has 2 rings (SSSR count). The number of nitrogens with zero attached hydrogens (tertiary/aromatic N) is 4. The lowest BCUT2D eigenvalue weighted by Crippen LogP contribution is -2.29. The molecule has 0 aliphatic rings. The molecule has 0 bridgehead atoms. The van der Waals surface area contributed by atoms with Crippen molar-refractivity contribution in [3.05, 3.63) is 22.5 Å². The molecule has 104 valence electrons. The Labute approximate surface area is 118 Å². The minimum atomic E-state index is -3.78. The number of sulfonamides is 1. The first-order chi connectivity index (χ1) is 8.81. The lowest BCUT2D eigenvalue weighted by Gasteiger charge is -2.10. The van der Waals surface area contributed by atoms with Gasteiger partial charge in [0.15, 0.2) is 4.60 Å². The van der Waals surface area contributed by atoms with E-state index in [1.54, 1.807) is 13.8 Å². The van der Waals surface area contributed by atoms with E-state index in [9.17, 15) is 8.42 Å². The number of hydrogen-bond donors (Lipinski definition) is 1. The fourth-order valence-corrected chi connectivity index (χ4v) is 3.81. The third-order valence-electron chi connectivity index (χ3n) is 2.33. The van der Waals surface area contributed by atoms with Crippen LogP contribution in [0.25, 0.3) is 0 Å². The molecule has 10 heteroatoms. The van der Waals surface area contributed by atoms with Gasteiger partial charge in [-0.2, -0.15) is 4.72 Å². The molecule has 8 nitrogen and oxygen atoms in total. The Morgan fingerprint density at radius 1 is 1.53 bits per heavy atom. The van der Waals surface area contributed by atoms with E-state index in [0.717, 1.165) is 0 Å². The highest BCUT2D eigenvalue weighted by Gasteiger charge is 2.27. The smallest absolute Gasteiger partial charge is 0.261 e. The monoisotopic (exact) mass is 349 g/mol. The normalized spacial score (nSPS) is 13.7. The van der Waals surface area contributed by atoms with Crippen LogP contribution in [-0.4, -0.2) is 28.4 Å². The quantitative estimate of drug-likeness (QED) is 0.879. The van der Waals surface area contributed by atoms with Crippen LogP contribution in [0, 0.1) is 6.92 Å². The van der Waals surface area contributed by atoms with Crippen LogP contribution in [0.2, 0.25) is 0 Å². The molecule has 1 atom stereocenters. The number of nitrogens with one attached hydrogen (secondary N) is 1. The topological polar surface area (TPSA) is 103 Å². The molecule has 2 aromatic rings. The summed E-state index contributed by atoms with van der Waals surface area (Å²) < 4.78 is 33.5. The summed E-state index contributed by atoms with van der Waals surface area (Å²) in [5.41, 5.74) is 0. The molecule has 0 radical (unpaired) electrons. The maximum atomic E-state index is 12.2. The van der Waals surface area contributed by atoms with Crippen molar-refractivity contribution in [1.29, 1.82) is 0 Å². The van der Waals surface area contributed by atoms with Crippen LogP contribution >= 0.6 is 15.9 Å². The van der Waals surface area contributed by atoms with Crippen molar-refractivity contribution in [2.75, 3.05) is 0 Å². The van der Waals surface area contributed by atoms with Crippen LogP contribution in [0.1, 0.15) is 24.6 Å². The summed E-state index contributed by atoms with van der Waals surface area (Å²) in [6, 6.07) is -0.597. The number of rotatable bonds is 4. The van der Waals surface area contributed by atoms with Crippen molar-refractivity contribution in [3.63, 3.8) is 0 Å². The van der Waals surface area contributed by atoms with E-state index in [4.69, 9.17) is 4.42 Å². The van der Waals surface area contributed by atoms with Gasteiger partial charge in [-0.05, 0) is 29.8 Å². The van der Waals surface area contributed by atoms with E-state index < -0.39 is 16.1 Å². The van der Waals surface area contributed by atoms with E-state index in [1.165, 1.54) is 17.9 Å². The zero-order chi connectivity index (χ0) is 14.2. The third kappa shape index (κ3) is 2.85. The first-order valence-electron chi connectivity index (χ1n) is 5.31. The Morgan fingerprint density at radius 2 is 2.21 bits per heavy atom. The number of aryl methyl sites for hydroxylation is 2. The molecular weight excluding hydrogens is 338 g/mol. The zero-order valence-electron chi connectivity index (χ0n) is 10.5. The molecule has 0 amide bonds. The molecule has 1 N–H and O–H groups in total. The average molecular weight is 350 g/mol. The number of aromatic nitrogens is 4. The first kappa shape index (κ1) is 14.2. The highest BCUT2D eigenvalue weighted by molar-refractivity contribution is 9.10. The van der Waals surface area contributed by atoms with Crippen molar-refractivity contribution in [2.45, 2.75) is 24.9 Å². The molecule has 0 aliphatic carbocycles. The van der Waals surface area contributed by atoms with E-state index in [0.29, 0.717) is 11.7 Å². The van der Waals surface area contributed by atoms with E-state index in [2.05, 4.69) is 35.9 Å². The van der Waals surface area contributed by atoms with Gasteiger partial charge in [0.1, 0.15) is 5.76 Å². The molecule has 1 unspecified atom stereocenters. The standard InChI is InChI=1S/C9H12BrN5O3S/c1-5-4-11-8(18-5)6(2)13-19(16,17)9-7(10)12-14-15(9)3/h4,6,13H,1-3H3. The summed E-state index contributed by atoms with van der Waals surface area (Å²) in [5, 5.41) is 7.21. The van der Waals surface area contributed by atoms with Gasteiger partial charge in [0.05, 0.1) is 12.2 Å². The minimum Gasteiger partial charge on any atom is -0.444 e. The van der Waals surface area contributed by atoms with Gasteiger partial charge in [-0.15, -0.1) is 5.10 Å². The van der Waals surface area contributed by atoms with Crippen LogP contribution in [0.3, 0.4) is 0 Å².